The van der Waals surface area contributed by atoms with Crippen molar-refractivity contribution in [1.82, 2.24) is 5.32 Å². The minimum Gasteiger partial charge on any atom is -0.350 e. The Morgan fingerprint density at radius 1 is 1.50 bits per heavy atom. The Morgan fingerprint density at radius 2 is 2.19 bits per heavy atom. The summed E-state index contributed by atoms with van der Waals surface area (Å²) in [5.74, 6) is -0.0411. The molecule has 1 N–H and O–H groups in total. The van der Waals surface area contributed by atoms with Gasteiger partial charge in [0.05, 0.1) is 10.7 Å². The third-order valence-electron chi connectivity index (χ3n) is 2.52. The van der Waals surface area contributed by atoms with Gasteiger partial charge in [-0.05, 0) is 30.8 Å². The number of thiocarbonyl (C=S) groups is 1. The molecule has 1 fully saturated rings. The average Bonchev–Trinajstić information content (AvgIpc) is 2.55. The summed E-state index contributed by atoms with van der Waals surface area (Å²) >= 11 is 11.2. The molecule has 0 radical (unpaired) electrons. The highest BCUT2D eigenvalue weighted by Gasteiger charge is 2.35. The van der Waals surface area contributed by atoms with E-state index < -0.39 is 0 Å². The fourth-order valence-corrected chi connectivity index (χ4v) is 2.22. The zero-order chi connectivity index (χ0) is 11.7. The second-order valence-corrected chi connectivity index (χ2v) is 4.33. The molecule has 1 aromatic carbocycles. The number of anilines is 1. The minimum atomic E-state index is -0.233. The number of halogens is 1. The molecule has 3 nitrogen and oxygen atoms in total. The van der Waals surface area contributed by atoms with Gasteiger partial charge in [0.1, 0.15) is 6.04 Å². The number of para-hydroxylation sites is 1. The Hall–Kier alpha value is -1.13. The predicted molar refractivity (Wildman–Crippen MR) is 68.8 cm³/mol. The number of nitrogens with zero attached hydrogens (tertiary/aromatic N) is 1. The standard InChI is InChI=1S/C11H11ClN2OS/c1-2-8-10(15)14(11(16)13-8)9-6-4-3-5-7(9)12/h3-6,8H,2H2,1H3,(H,13,16). The van der Waals surface area contributed by atoms with E-state index in [2.05, 4.69) is 5.32 Å². The van der Waals surface area contributed by atoms with Gasteiger partial charge in [-0.2, -0.15) is 0 Å². The highest BCUT2D eigenvalue weighted by Crippen LogP contribution is 2.28. The van der Waals surface area contributed by atoms with E-state index in [1.54, 1.807) is 12.1 Å². The number of benzene rings is 1. The number of carbonyl (C=O) groups excluding carboxylic acids is 1. The third-order valence-corrected chi connectivity index (χ3v) is 3.14. The Morgan fingerprint density at radius 3 is 2.75 bits per heavy atom. The molecule has 1 aliphatic rings. The molecule has 0 aliphatic carbocycles. The number of rotatable bonds is 2. The van der Waals surface area contributed by atoms with Crippen molar-refractivity contribution in [3.63, 3.8) is 0 Å². The van der Waals surface area contributed by atoms with Crippen molar-refractivity contribution >= 4 is 40.5 Å². The second kappa shape index (κ2) is 4.39. The number of hydrogen-bond acceptors (Lipinski definition) is 2. The summed E-state index contributed by atoms with van der Waals surface area (Å²) < 4.78 is 0. The molecular formula is C11H11ClN2OS. The van der Waals surface area contributed by atoms with Crippen molar-refractivity contribution in [3.05, 3.63) is 29.3 Å². The van der Waals surface area contributed by atoms with Crippen LogP contribution in [0.25, 0.3) is 0 Å². The van der Waals surface area contributed by atoms with Gasteiger partial charge < -0.3 is 5.32 Å². The summed E-state index contributed by atoms with van der Waals surface area (Å²) in [6.45, 7) is 1.94. The largest absolute Gasteiger partial charge is 0.350 e. The summed E-state index contributed by atoms with van der Waals surface area (Å²) in [6.07, 6.45) is 0.708. The van der Waals surface area contributed by atoms with Gasteiger partial charge in [-0.15, -0.1) is 0 Å². The van der Waals surface area contributed by atoms with Crippen molar-refractivity contribution < 1.29 is 4.79 Å². The van der Waals surface area contributed by atoms with E-state index >= 15 is 0 Å². The summed E-state index contributed by atoms with van der Waals surface area (Å²) in [6, 6.07) is 6.94. The lowest BCUT2D eigenvalue weighted by molar-refractivity contribution is -0.118. The number of carbonyl (C=O) groups is 1. The molecule has 0 spiro atoms. The summed E-state index contributed by atoms with van der Waals surface area (Å²) in [4.78, 5) is 13.5. The lowest BCUT2D eigenvalue weighted by atomic mass is 10.2. The zero-order valence-corrected chi connectivity index (χ0v) is 10.3. The fourth-order valence-electron chi connectivity index (χ4n) is 1.67. The second-order valence-electron chi connectivity index (χ2n) is 3.54. The van der Waals surface area contributed by atoms with E-state index in [0.717, 1.165) is 0 Å². The lowest BCUT2D eigenvalue weighted by Crippen LogP contribution is -2.31. The Kier molecular flexibility index (Phi) is 3.12. The molecular weight excluding hydrogens is 244 g/mol. The van der Waals surface area contributed by atoms with E-state index in [9.17, 15) is 4.79 Å². The lowest BCUT2D eigenvalue weighted by Gasteiger charge is -2.16. The molecule has 0 saturated carbocycles. The van der Waals surface area contributed by atoms with Crippen LogP contribution in [0.4, 0.5) is 5.69 Å². The van der Waals surface area contributed by atoms with Crippen LogP contribution >= 0.6 is 23.8 Å². The third kappa shape index (κ3) is 1.79. The van der Waals surface area contributed by atoms with E-state index in [1.807, 2.05) is 19.1 Å². The van der Waals surface area contributed by atoms with Crippen molar-refractivity contribution in [2.75, 3.05) is 4.90 Å². The summed E-state index contributed by atoms with van der Waals surface area (Å²) in [5.41, 5.74) is 0.641. The van der Waals surface area contributed by atoms with Crippen LogP contribution in [0.15, 0.2) is 24.3 Å². The van der Waals surface area contributed by atoms with Gasteiger partial charge >= 0.3 is 0 Å². The van der Waals surface area contributed by atoms with Gasteiger partial charge in [0.2, 0.25) is 0 Å². The molecule has 1 aromatic rings. The van der Waals surface area contributed by atoms with Crippen LogP contribution in [0, 0.1) is 0 Å². The maximum atomic E-state index is 12.0. The van der Waals surface area contributed by atoms with E-state index in [4.69, 9.17) is 23.8 Å². The molecule has 1 unspecified atom stereocenters. The molecule has 1 amide bonds. The van der Waals surface area contributed by atoms with Crippen LogP contribution in [-0.4, -0.2) is 17.1 Å². The van der Waals surface area contributed by atoms with Gasteiger partial charge in [0.15, 0.2) is 5.11 Å². The molecule has 5 heteroatoms. The van der Waals surface area contributed by atoms with E-state index in [-0.39, 0.29) is 11.9 Å². The quantitative estimate of drug-likeness (QED) is 0.823. The molecule has 0 bridgehead atoms. The monoisotopic (exact) mass is 254 g/mol. The minimum absolute atomic E-state index is 0.0411. The Bertz CT molecular complexity index is 449. The SMILES string of the molecule is CCC1NC(=S)N(c2ccccc2Cl)C1=O. The van der Waals surface area contributed by atoms with Crippen LogP contribution in [0.1, 0.15) is 13.3 Å². The predicted octanol–water partition coefficient (Wildman–Crippen LogP) is 2.34. The molecule has 16 heavy (non-hydrogen) atoms. The highest BCUT2D eigenvalue weighted by atomic mass is 35.5. The Labute approximate surface area is 104 Å². The first-order valence-corrected chi connectivity index (χ1v) is 5.82. The molecule has 1 atom stereocenters. The van der Waals surface area contributed by atoms with E-state index in [1.165, 1.54) is 4.90 Å². The van der Waals surface area contributed by atoms with Gasteiger partial charge in [-0.3, -0.25) is 9.69 Å². The van der Waals surface area contributed by atoms with Gasteiger partial charge in [0.25, 0.3) is 5.91 Å². The molecule has 0 aromatic heterocycles. The van der Waals surface area contributed by atoms with Crippen LogP contribution in [0.5, 0.6) is 0 Å². The molecule has 84 valence electrons. The fraction of sp³-hybridized carbons (Fsp3) is 0.273. The van der Waals surface area contributed by atoms with Crippen molar-refractivity contribution in [2.45, 2.75) is 19.4 Å². The topological polar surface area (TPSA) is 32.3 Å². The molecule has 1 saturated heterocycles. The number of hydrogen-bond donors (Lipinski definition) is 1. The first kappa shape index (κ1) is 11.4. The molecule has 1 heterocycles. The normalized spacial score (nSPS) is 20.1. The highest BCUT2D eigenvalue weighted by molar-refractivity contribution is 7.80. The van der Waals surface area contributed by atoms with Gasteiger partial charge in [0, 0.05) is 0 Å². The smallest absolute Gasteiger partial charge is 0.255 e. The summed E-state index contributed by atoms with van der Waals surface area (Å²) in [5, 5.41) is 3.92. The summed E-state index contributed by atoms with van der Waals surface area (Å²) in [7, 11) is 0. The van der Waals surface area contributed by atoms with Gasteiger partial charge in [-0.25, -0.2) is 0 Å². The van der Waals surface area contributed by atoms with Crippen molar-refractivity contribution in [2.24, 2.45) is 0 Å². The maximum Gasteiger partial charge on any atom is 0.255 e. The van der Waals surface area contributed by atoms with Crippen molar-refractivity contribution in [1.29, 1.82) is 0 Å². The zero-order valence-electron chi connectivity index (χ0n) is 8.74. The molecule has 1 aliphatic heterocycles. The van der Waals surface area contributed by atoms with Crippen molar-refractivity contribution in [3.8, 4) is 0 Å². The van der Waals surface area contributed by atoms with Crippen LogP contribution in [0.2, 0.25) is 5.02 Å². The van der Waals surface area contributed by atoms with Gasteiger partial charge in [-0.1, -0.05) is 30.7 Å². The first-order chi connectivity index (χ1) is 7.65. The van der Waals surface area contributed by atoms with Crippen LogP contribution < -0.4 is 10.2 Å². The Balaban J connectivity index is 2.39. The molecule has 2 rings (SSSR count). The number of amides is 1. The van der Waals surface area contributed by atoms with E-state index in [0.29, 0.717) is 22.2 Å². The van der Waals surface area contributed by atoms with Crippen LogP contribution in [0.3, 0.4) is 0 Å². The van der Waals surface area contributed by atoms with Crippen LogP contribution in [-0.2, 0) is 4.79 Å². The average molecular weight is 255 g/mol. The first-order valence-electron chi connectivity index (χ1n) is 5.04. The number of nitrogens with one attached hydrogen (secondary N) is 1. The maximum absolute atomic E-state index is 12.0.